The van der Waals surface area contributed by atoms with Crippen LogP contribution >= 0.6 is 11.6 Å². The Labute approximate surface area is 133 Å². The maximum Gasteiger partial charge on any atom is 0.125 e. The molecule has 1 aliphatic heterocycles. The summed E-state index contributed by atoms with van der Waals surface area (Å²) in [6, 6.07) is 4.81. The minimum atomic E-state index is 0.647. The molecule has 1 N–H and O–H groups in total. The Kier molecular flexibility index (Phi) is 5.07. The van der Waals surface area contributed by atoms with Crippen LogP contribution in [0.5, 0.6) is 5.75 Å². The van der Waals surface area contributed by atoms with E-state index in [1.165, 1.54) is 43.2 Å². The van der Waals surface area contributed by atoms with E-state index in [0.29, 0.717) is 6.04 Å². The van der Waals surface area contributed by atoms with E-state index in [4.69, 9.17) is 16.3 Å². The Morgan fingerprint density at radius 2 is 2.14 bits per heavy atom. The van der Waals surface area contributed by atoms with Crippen molar-refractivity contribution < 1.29 is 4.74 Å². The lowest BCUT2D eigenvalue weighted by atomic mass is 9.92. The highest BCUT2D eigenvalue weighted by Crippen LogP contribution is 2.35. The molecule has 3 rings (SSSR count). The van der Waals surface area contributed by atoms with Crippen LogP contribution in [0.3, 0.4) is 0 Å². The Bertz CT molecular complexity index is 482. The van der Waals surface area contributed by atoms with Crippen molar-refractivity contribution in [3.8, 4) is 5.75 Å². The largest absolute Gasteiger partial charge is 0.493 e. The number of ether oxygens (including phenoxy) is 1. The first-order valence-electron chi connectivity index (χ1n) is 8.45. The van der Waals surface area contributed by atoms with Crippen LogP contribution in [0.4, 0.5) is 0 Å². The van der Waals surface area contributed by atoms with Gasteiger partial charge in [0.15, 0.2) is 0 Å². The molecular formula is C18H26ClNO. The number of nitrogens with one attached hydrogen (secondary N) is 1. The lowest BCUT2D eigenvalue weighted by molar-refractivity contribution is 0.337. The van der Waals surface area contributed by atoms with Gasteiger partial charge in [0.2, 0.25) is 0 Å². The van der Waals surface area contributed by atoms with E-state index in [2.05, 4.69) is 24.4 Å². The molecule has 0 bridgehead atoms. The molecule has 1 aromatic carbocycles. The Hall–Kier alpha value is -0.730. The maximum absolute atomic E-state index is 6.26. The fourth-order valence-electron chi connectivity index (χ4n) is 3.97. The Morgan fingerprint density at radius 1 is 1.33 bits per heavy atom. The van der Waals surface area contributed by atoms with E-state index in [0.717, 1.165) is 42.7 Å². The van der Waals surface area contributed by atoms with Crippen LogP contribution in [0.1, 0.15) is 50.2 Å². The molecule has 2 aliphatic rings. The molecular weight excluding hydrogens is 282 g/mol. The summed E-state index contributed by atoms with van der Waals surface area (Å²) in [6.45, 7) is 4.08. The van der Waals surface area contributed by atoms with Crippen molar-refractivity contribution >= 4 is 11.6 Å². The van der Waals surface area contributed by atoms with Crippen molar-refractivity contribution in [3.63, 3.8) is 0 Å². The molecule has 0 amide bonds. The number of hydrogen-bond donors (Lipinski definition) is 1. The van der Waals surface area contributed by atoms with Crippen molar-refractivity contribution in [2.24, 2.45) is 5.92 Å². The summed E-state index contributed by atoms with van der Waals surface area (Å²) >= 11 is 6.26. The van der Waals surface area contributed by atoms with E-state index < -0.39 is 0 Å². The first kappa shape index (κ1) is 15.2. The molecule has 21 heavy (non-hydrogen) atoms. The van der Waals surface area contributed by atoms with Gasteiger partial charge in [-0.2, -0.15) is 0 Å². The second-order valence-electron chi connectivity index (χ2n) is 6.40. The van der Waals surface area contributed by atoms with Gasteiger partial charge in [0.25, 0.3) is 0 Å². The quantitative estimate of drug-likeness (QED) is 0.842. The van der Waals surface area contributed by atoms with Crippen LogP contribution < -0.4 is 10.1 Å². The van der Waals surface area contributed by atoms with E-state index in [9.17, 15) is 0 Å². The summed E-state index contributed by atoms with van der Waals surface area (Å²) in [5.41, 5.74) is 2.59. The molecule has 1 unspecified atom stereocenters. The second kappa shape index (κ2) is 7.02. The Balaban J connectivity index is 1.68. The second-order valence-corrected chi connectivity index (χ2v) is 6.84. The summed E-state index contributed by atoms with van der Waals surface area (Å²) in [4.78, 5) is 0. The average molecular weight is 308 g/mol. The fourth-order valence-corrected chi connectivity index (χ4v) is 4.23. The summed E-state index contributed by atoms with van der Waals surface area (Å²) in [5.74, 6) is 1.97. The van der Waals surface area contributed by atoms with Crippen LogP contribution in [0.2, 0.25) is 5.02 Å². The SMILES string of the molecule is CCNC(CCc1cc(Cl)cc2c1OCC2)C1CCCC1. The lowest BCUT2D eigenvalue weighted by Gasteiger charge is -2.24. The third-order valence-electron chi connectivity index (χ3n) is 4.99. The average Bonchev–Trinajstić information content (AvgIpc) is 3.13. The van der Waals surface area contributed by atoms with Crippen LogP contribution in [0.15, 0.2) is 12.1 Å². The van der Waals surface area contributed by atoms with E-state index in [1.54, 1.807) is 0 Å². The number of fused-ring (bicyclic) bond motifs is 1. The third kappa shape index (κ3) is 3.54. The molecule has 1 aliphatic carbocycles. The zero-order valence-corrected chi connectivity index (χ0v) is 13.7. The standard InChI is InChI=1S/C18H26ClNO/c1-2-20-17(13-5-3-4-6-13)8-7-14-11-16(19)12-15-9-10-21-18(14)15/h11-13,17,20H,2-10H2,1H3. The maximum atomic E-state index is 6.26. The van der Waals surface area contributed by atoms with Crippen molar-refractivity contribution in [3.05, 3.63) is 28.3 Å². The van der Waals surface area contributed by atoms with Crippen molar-refractivity contribution in [2.45, 2.75) is 57.9 Å². The number of rotatable bonds is 6. The van der Waals surface area contributed by atoms with Crippen LogP contribution in [-0.4, -0.2) is 19.2 Å². The van der Waals surface area contributed by atoms with Crippen molar-refractivity contribution in [1.82, 2.24) is 5.32 Å². The predicted molar refractivity (Wildman–Crippen MR) is 88.4 cm³/mol. The Morgan fingerprint density at radius 3 is 2.90 bits per heavy atom. The van der Waals surface area contributed by atoms with Gasteiger partial charge in [-0.05, 0) is 61.4 Å². The van der Waals surface area contributed by atoms with Gasteiger partial charge >= 0.3 is 0 Å². The summed E-state index contributed by atoms with van der Waals surface area (Å²) < 4.78 is 5.82. The first-order valence-corrected chi connectivity index (χ1v) is 8.83. The summed E-state index contributed by atoms with van der Waals surface area (Å²) in [6.07, 6.45) is 8.85. The van der Waals surface area contributed by atoms with Gasteiger partial charge in [0.05, 0.1) is 6.61 Å². The first-order chi connectivity index (χ1) is 10.3. The van der Waals surface area contributed by atoms with E-state index in [-0.39, 0.29) is 0 Å². The van der Waals surface area contributed by atoms with Crippen LogP contribution in [0, 0.1) is 5.92 Å². The van der Waals surface area contributed by atoms with Gasteiger partial charge in [-0.1, -0.05) is 31.4 Å². The summed E-state index contributed by atoms with van der Waals surface area (Å²) in [7, 11) is 0. The molecule has 1 atom stereocenters. The summed E-state index contributed by atoms with van der Waals surface area (Å²) in [5, 5.41) is 4.56. The zero-order chi connectivity index (χ0) is 14.7. The fraction of sp³-hybridized carbons (Fsp3) is 0.667. The molecule has 1 fully saturated rings. The molecule has 1 heterocycles. The van der Waals surface area contributed by atoms with Gasteiger partial charge in [0, 0.05) is 17.5 Å². The number of aryl methyl sites for hydroxylation is 1. The molecule has 1 aromatic rings. The van der Waals surface area contributed by atoms with E-state index in [1.807, 2.05) is 0 Å². The van der Waals surface area contributed by atoms with Crippen molar-refractivity contribution in [1.29, 1.82) is 0 Å². The highest BCUT2D eigenvalue weighted by molar-refractivity contribution is 6.30. The van der Waals surface area contributed by atoms with Crippen molar-refractivity contribution in [2.75, 3.05) is 13.2 Å². The third-order valence-corrected chi connectivity index (χ3v) is 5.20. The topological polar surface area (TPSA) is 21.3 Å². The van der Waals surface area contributed by atoms with Gasteiger partial charge in [-0.3, -0.25) is 0 Å². The van der Waals surface area contributed by atoms with Crippen LogP contribution in [0.25, 0.3) is 0 Å². The highest BCUT2D eigenvalue weighted by Gasteiger charge is 2.25. The number of halogens is 1. The lowest BCUT2D eigenvalue weighted by Crippen LogP contribution is -2.35. The minimum Gasteiger partial charge on any atom is -0.493 e. The van der Waals surface area contributed by atoms with Gasteiger partial charge < -0.3 is 10.1 Å². The molecule has 0 radical (unpaired) electrons. The minimum absolute atomic E-state index is 0.647. The number of hydrogen-bond acceptors (Lipinski definition) is 2. The molecule has 1 saturated carbocycles. The molecule has 0 saturated heterocycles. The molecule has 0 aromatic heterocycles. The number of benzene rings is 1. The van der Waals surface area contributed by atoms with Gasteiger partial charge in [-0.15, -0.1) is 0 Å². The van der Waals surface area contributed by atoms with Gasteiger partial charge in [0.1, 0.15) is 5.75 Å². The van der Waals surface area contributed by atoms with Gasteiger partial charge in [-0.25, -0.2) is 0 Å². The monoisotopic (exact) mass is 307 g/mol. The van der Waals surface area contributed by atoms with Crippen LogP contribution in [-0.2, 0) is 12.8 Å². The molecule has 3 heteroatoms. The smallest absolute Gasteiger partial charge is 0.125 e. The highest BCUT2D eigenvalue weighted by atomic mass is 35.5. The molecule has 2 nitrogen and oxygen atoms in total. The normalized spacial score (nSPS) is 19.5. The molecule has 116 valence electrons. The predicted octanol–water partition coefficient (Wildman–Crippen LogP) is 4.38. The van der Waals surface area contributed by atoms with E-state index >= 15 is 0 Å². The zero-order valence-electron chi connectivity index (χ0n) is 13.0. The molecule has 0 spiro atoms.